The number of rotatable bonds is 7. The fourth-order valence-corrected chi connectivity index (χ4v) is 1.57. The highest BCUT2D eigenvalue weighted by atomic mass is 16.5. The minimum atomic E-state index is -1.12. The number of nitrogens with zero attached hydrogens (tertiary/aromatic N) is 1. The molecule has 6 heteroatoms. The fourth-order valence-electron chi connectivity index (χ4n) is 1.57. The van der Waals surface area contributed by atoms with Crippen LogP contribution in [0.25, 0.3) is 0 Å². The molecular formula is C14H18N2O4. The smallest absolute Gasteiger partial charge is 0.408 e. The molecule has 0 radical (unpaired) electrons. The largest absolute Gasteiger partial charge is 0.480 e. The summed E-state index contributed by atoms with van der Waals surface area (Å²) in [6.07, 6.45) is 0.629. The van der Waals surface area contributed by atoms with Gasteiger partial charge in [0.15, 0.2) is 0 Å². The van der Waals surface area contributed by atoms with Crippen molar-refractivity contribution >= 4 is 17.7 Å². The molecular weight excluding hydrogens is 260 g/mol. The number of hydrogen-bond acceptors (Lipinski definition) is 4. The number of hydrogen-bond donors (Lipinski definition) is 2. The predicted octanol–water partition coefficient (Wildman–Crippen LogP) is 1.49. The molecule has 1 atom stereocenters. The van der Waals surface area contributed by atoms with Gasteiger partial charge in [-0.1, -0.05) is 30.9 Å². The minimum absolute atomic E-state index is 0.0344. The van der Waals surface area contributed by atoms with Crippen LogP contribution in [0.4, 0.5) is 10.5 Å². The first kappa shape index (κ1) is 15.6. The van der Waals surface area contributed by atoms with E-state index in [1.165, 1.54) is 6.08 Å². The summed E-state index contributed by atoms with van der Waals surface area (Å²) in [7, 11) is 1.75. The van der Waals surface area contributed by atoms with Gasteiger partial charge in [-0.2, -0.15) is 0 Å². The Morgan fingerprint density at radius 1 is 1.45 bits per heavy atom. The first-order valence-electron chi connectivity index (χ1n) is 6.07. The first-order valence-corrected chi connectivity index (χ1v) is 6.07. The van der Waals surface area contributed by atoms with Gasteiger partial charge in [-0.3, -0.25) is 0 Å². The van der Waals surface area contributed by atoms with E-state index in [9.17, 15) is 9.59 Å². The van der Waals surface area contributed by atoms with Crippen molar-refractivity contribution in [2.75, 3.05) is 25.1 Å². The number of aliphatic carboxylic acids is 1. The van der Waals surface area contributed by atoms with Crippen molar-refractivity contribution in [3.63, 3.8) is 0 Å². The van der Waals surface area contributed by atoms with Crippen molar-refractivity contribution in [1.82, 2.24) is 5.32 Å². The van der Waals surface area contributed by atoms with Gasteiger partial charge in [0.05, 0.1) is 0 Å². The molecule has 20 heavy (non-hydrogen) atoms. The number of para-hydroxylation sites is 1. The number of benzene rings is 1. The van der Waals surface area contributed by atoms with Crippen molar-refractivity contribution in [1.29, 1.82) is 0 Å². The second-order valence-electron chi connectivity index (χ2n) is 4.14. The van der Waals surface area contributed by atoms with E-state index in [0.29, 0.717) is 0 Å². The van der Waals surface area contributed by atoms with E-state index in [-0.39, 0.29) is 13.2 Å². The number of likely N-dealkylation sites (N-methyl/N-ethyl adjacent to an activating group) is 1. The lowest BCUT2D eigenvalue weighted by Gasteiger charge is -2.23. The Bertz CT molecular complexity index is 462. The lowest BCUT2D eigenvalue weighted by atomic mass is 10.2. The maximum atomic E-state index is 11.4. The van der Waals surface area contributed by atoms with Gasteiger partial charge in [-0.05, 0) is 12.1 Å². The summed E-state index contributed by atoms with van der Waals surface area (Å²) in [5, 5.41) is 11.4. The first-order chi connectivity index (χ1) is 9.54. The summed E-state index contributed by atoms with van der Waals surface area (Å²) in [4.78, 5) is 24.3. The lowest BCUT2D eigenvalue weighted by Crippen LogP contribution is -2.48. The molecule has 1 unspecified atom stereocenters. The van der Waals surface area contributed by atoms with Gasteiger partial charge in [-0.15, -0.1) is 0 Å². The average Bonchev–Trinajstić information content (AvgIpc) is 2.45. The Balaban J connectivity index is 2.61. The number of anilines is 1. The Hall–Kier alpha value is -2.50. The molecule has 108 valence electrons. The molecule has 0 aliphatic heterocycles. The van der Waals surface area contributed by atoms with Crippen LogP contribution in [0.5, 0.6) is 0 Å². The van der Waals surface area contributed by atoms with E-state index in [0.717, 1.165) is 5.69 Å². The molecule has 0 spiro atoms. The number of ether oxygens (including phenoxy) is 1. The van der Waals surface area contributed by atoms with Crippen molar-refractivity contribution in [3.05, 3.63) is 43.0 Å². The third-order valence-corrected chi connectivity index (χ3v) is 2.58. The molecule has 0 aromatic heterocycles. The van der Waals surface area contributed by atoms with E-state index < -0.39 is 18.1 Å². The van der Waals surface area contributed by atoms with Gasteiger partial charge in [-0.25, -0.2) is 9.59 Å². The molecule has 0 heterocycles. The van der Waals surface area contributed by atoms with Crippen LogP contribution < -0.4 is 10.2 Å². The third-order valence-electron chi connectivity index (χ3n) is 2.58. The van der Waals surface area contributed by atoms with E-state index in [2.05, 4.69) is 11.9 Å². The summed E-state index contributed by atoms with van der Waals surface area (Å²) in [6, 6.07) is 8.24. The molecule has 0 aliphatic carbocycles. The highest BCUT2D eigenvalue weighted by Crippen LogP contribution is 2.11. The van der Waals surface area contributed by atoms with Gasteiger partial charge in [0.1, 0.15) is 12.6 Å². The van der Waals surface area contributed by atoms with Crippen molar-refractivity contribution in [2.45, 2.75) is 6.04 Å². The molecule has 0 fully saturated rings. The highest BCUT2D eigenvalue weighted by molar-refractivity contribution is 5.80. The van der Waals surface area contributed by atoms with E-state index in [1.807, 2.05) is 30.3 Å². The molecule has 2 N–H and O–H groups in total. The van der Waals surface area contributed by atoms with E-state index in [4.69, 9.17) is 9.84 Å². The zero-order valence-corrected chi connectivity index (χ0v) is 11.3. The number of carboxylic acid groups (broad SMARTS) is 1. The second-order valence-corrected chi connectivity index (χ2v) is 4.14. The molecule has 0 bridgehead atoms. The maximum Gasteiger partial charge on any atom is 0.408 e. The molecule has 0 saturated heterocycles. The summed E-state index contributed by atoms with van der Waals surface area (Å²) >= 11 is 0. The van der Waals surface area contributed by atoms with E-state index >= 15 is 0 Å². The van der Waals surface area contributed by atoms with Gasteiger partial charge < -0.3 is 20.1 Å². The summed E-state index contributed by atoms with van der Waals surface area (Å²) in [5.41, 5.74) is 0.861. The fraction of sp³-hybridized carbons (Fsp3) is 0.286. The van der Waals surface area contributed by atoms with Crippen LogP contribution >= 0.6 is 0 Å². The van der Waals surface area contributed by atoms with E-state index in [1.54, 1.807) is 11.9 Å². The van der Waals surface area contributed by atoms with Gasteiger partial charge >= 0.3 is 12.1 Å². The van der Waals surface area contributed by atoms with Crippen LogP contribution in [-0.4, -0.2) is 43.4 Å². The Morgan fingerprint density at radius 3 is 2.65 bits per heavy atom. The predicted molar refractivity (Wildman–Crippen MR) is 75.8 cm³/mol. The topological polar surface area (TPSA) is 78.9 Å². The SMILES string of the molecule is C=CCOC(=O)NC(CN(C)c1ccccc1)C(=O)O. The average molecular weight is 278 g/mol. The highest BCUT2D eigenvalue weighted by Gasteiger charge is 2.22. The molecule has 1 amide bonds. The van der Waals surface area contributed by atoms with Crippen LogP contribution in [0.3, 0.4) is 0 Å². The summed E-state index contributed by atoms with van der Waals surface area (Å²) in [6.45, 7) is 3.57. The number of carbonyl (C=O) groups excluding carboxylic acids is 1. The van der Waals surface area contributed by atoms with Crippen molar-refractivity contribution in [2.24, 2.45) is 0 Å². The molecule has 0 saturated carbocycles. The number of carbonyl (C=O) groups is 2. The Labute approximate surface area is 117 Å². The lowest BCUT2D eigenvalue weighted by molar-refractivity contribution is -0.139. The van der Waals surface area contributed by atoms with Gasteiger partial charge in [0, 0.05) is 19.3 Å². The van der Waals surface area contributed by atoms with Crippen LogP contribution in [0, 0.1) is 0 Å². The van der Waals surface area contributed by atoms with Crippen LogP contribution in [-0.2, 0) is 9.53 Å². The number of nitrogens with one attached hydrogen (secondary N) is 1. The van der Waals surface area contributed by atoms with Crippen LogP contribution in [0.1, 0.15) is 0 Å². The monoisotopic (exact) mass is 278 g/mol. The molecule has 1 aromatic rings. The number of carboxylic acids is 1. The standard InChI is InChI=1S/C14H18N2O4/c1-3-9-20-14(19)15-12(13(17)18)10-16(2)11-7-5-4-6-8-11/h3-8,12H,1,9-10H2,2H3,(H,15,19)(H,17,18). The quantitative estimate of drug-likeness (QED) is 0.739. The normalized spacial score (nSPS) is 11.2. The van der Waals surface area contributed by atoms with Gasteiger partial charge in [0.2, 0.25) is 0 Å². The second kappa shape index (κ2) is 7.83. The molecule has 6 nitrogen and oxygen atoms in total. The zero-order valence-electron chi connectivity index (χ0n) is 11.3. The summed E-state index contributed by atoms with van der Waals surface area (Å²) < 4.78 is 4.71. The molecule has 1 aromatic carbocycles. The molecule has 0 aliphatic rings. The third kappa shape index (κ3) is 5.01. The number of amides is 1. The maximum absolute atomic E-state index is 11.4. The summed E-state index contributed by atoms with van der Waals surface area (Å²) in [5.74, 6) is -1.12. The Morgan fingerprint density at radius 2 is 2.10 bits per heavy atom. The van der Waals surface area contributed by atoms with Crippen molar-refractivity contribution < 1.29 is 19.4 Å². The van der Waals surface area contributed by atoms with Crippen molar-refractivity contribution in [3.8, 4) is 0 Å². The molecule has 1 rings (SSSR count). The minimum Gasteiger partial charge on any atom is -0.480 e. The van der Waals surface area contributed by atoms with Gasteiger partial charge in [0.25, 0.3) is 0 Å². The zero-order chi connectivity index (χ0) is 15.0. The van der Waals surface area contributed by atoms with Crippen LogP contribution in [0.2, 0.25) is 0 Å². The van der Waals surface area contributed by atoms with Crippen LogP contribution in [0.15, 0.2) is 43.0 Å². The number of alkyl carbamates (subject to hydrolysis) is 1. The Kier molecular flexibility index (Phi) is 6.09.